The van der Waals surface area contributed by atoms with Gasteiger partial charge >= 0.3 is 0 Å². The summed E-state index contributed by atoms with van der Waals surface area (Å²) >= 11 is 0. The summed E-state index contributed by atoms with van der Waals surface area (Å²) in [4.78, 5) is 6.93. The van der Waals surface area contributed by atoms with Crippen LogP contribution in [0.4, 0.5) is 0 Å². The Morgan fingerprint density at radius 1 is 1.09 bits per heavy atom. The normalized spacial score (nSPS) is 25.1. The molecule has 1 aliphatic heterocycles. The molecule has 4 nitrogen and oxygen atoms in total. The highest BCUT2D eigenvalue weighted by Crippen LogP contribution is 2.46. The van der Waals surface area contributed by atoms with Crippen LogP contribution in [-0.2, 0) is 0 Å². The van der Waals surface area contributed by atoms with Crippen molar-refractivity contribution < 1.29 is 5.11 Å². The average Bonchev–Trinajstić information content (AvgIpc) is 3.50. The maximum absolute atomic E-state index is 11.2. The number of rotatable bonds is 4. The van der Waals surface area contributed by atoms with Gasteiger partial charge in [-0.1, -0.05) is 0 Å². The molecule has 3 fully saturated rings. The Morgan fingerprint density at radius 3 is 2.57 bits per heavy atom. The number of piperidine rings is 1. The fourth-order valence-corrected chi connectivity index (χ4v) is 4.38. The van der Waals surface area contributed by atoms with Gasteiger partial charge in [0.15, 0.2) is 0 Å². The lowest BCUT2D eigenvalue weighted by molar-refractivity contribution is 0.0567. The second-order valence-corrected chi connectivity index (χ2v) is 7.69. The van der Waals surface area contributed by atoms with Gasteiger partial charge in [0.05, 0.1) is 24.1 Å². The Morgan fingerprint density at radius 2 is 1.87 bits per heavy atom. The molecule has 0 radical (unpaired) electrons. The summed E-state index contributed by atoms with van der Waals surface area (Å²) in [7, 11) is 0. The van der Waals surface area contributed by atoms with Gasteiger partial charge < -0.3 is 14.4 Å². The monoisotopic (exact) mass is 311 g/mol. The van der Waals surface area contributed by atoms with Crippen molar-refractivity contribution in [2.24, 2.45) is 5.92 Å². The number of imidazole rings is 1. The van der Waals surface area contributed by atoms with Crippen molar-refractivity contribution in [2.75, 3.05) is 13.1 Å². The molecule has 3 aliphatic rings. The van der Waals surface area contributed by atoms with Gasteiger partial charge in [0, 0.05) is 17.8 Å². The molecular weight excluding hydrogens is 286 g/mol. The lowest BCUT2D eigenvalue weighted by Gasteiger charge is -2.35. The van der Waals surface area contributed by atoms with E-state index >= 15 is 0 Å². The van der Waals surface area contributed by atoms with Crippen LogP contribution in [0, 0.1) is 5.92 Å². The van der Waals surface area contributed by atoms with E-state index < -0.39 is 0 Å². The van der Waals surface area contributed by atoms with Gasteiger partial charge in [-0.2, -0.15) is 0 Å². The van der Waals surface area contributed by atoms with E-state index in [1.165, 1.54) is 31.2 Å². The second-order valence-electron chi connectivity index (χ2n) is 7.69. The van der Waals surface area contributed by atoms with Crippen LogP contribution >= 0.6 is 0 Å². The van der Waals surface area contributed by atoms with Gasteiger partial charge in [0.1, 0.15) is 0 Å². The Bertz CT molecular complexity index is 708. The summed E-state index contributed by atoms with van der Waals surface area (Å²) in [5.74, 6) is 1.05. The second kappa shape index (κ2) is 5.32. The highest BCUT2D eigenvalue weighted by Gasteiger charge is 2.36. The largest absolute Gasteiger partial charge is 0.388 e. The third-order valence-corrected chi connectivity index (χ3v) is 6.06. The van der Waals surface area contributed by atoms with Crippen molar-refractivity contribution in [3.63, 3.8) is 0 Å². The molecule has 0 spiro atoms. The third kappa shape index (κ3) is 2.48. The smallest absolute Gasteiger partial charge is 0.0992 e. The van der Waals surface area contributed by atoms with Crippen molar-refractivity contribution in [3.8, 4) is 0 Å². The van der Waals surface area contributed by atoms with E-state index in [0.717, 1.165) is 43.1 Å². The molecule has 4 heteroatoms. The van der Waals surface area contributed by atoms with E-state index in [2.05, 4.69) is 26.5 Å². The predicted octanol–water partition coefficient (Wildman–Crippen LogP) is 3.12. The minimum Gasteiger partial charge on any atom is -0.388 e. The molecule has 2 aromatic rings. The first-order chi connectivity index (χ1) is 11.3. The van der Waals surface area contributed by atoms with Crippen molar-refractivity contribution in [2.45, 2.75) is 56.6 Å². The summed E-state index contributed by atoms with van der Waals surface area (Å²) in [5, 5.41) is 11.2. The number of aliphatic hydroxyl groups excluding tert-OH is 1. The summed E-state index contributed by atoms with van der Waals surface area (Å²) in [6.07, 6.45) is 13.1. The van der Waals surface area contributed by atoms with Crippen LogP contribution in [0.2, 0.25) is 0 Å². The topological polar surface area (TPSA) is 40.8 Å². The zero-order valence-electron chi connectivity index (χ0n) is 13.6. The first-order valence-corrected chi connectivity index (χ1v) is 9.18. The molecule has 1 atom stereocenters. The van der Waals surface area contributed by atoms with Gasteiger partial charge in [0.25, 0.3) is 0 Å². The number of fused-ring (bicyclic) bond motifs is 1. The number of pyridine rings is 1. The Kier molecular flexibility index (Phi) is 3.24. The van der Waals surface area contributed by atoms with Gasteiger partial charge in [-0.15, -0.1) is 0 Å². The van der Waals surface area contributed by atoms with E-state index in [-0.39, 0.29) is 6.10 Å². The maximum atomic E-state index is 11.2. The lowest BCUT2D eigenvalue weighted by atomic mass is 9.84. The fourth-order valence-electron chi connectivity index (χ4n) is 4.38. The lowest BCUT2D eigenvalue weighted by Crippen LogP contribution is -2.37. The quantitative estimate of drug-likeness (QED) is 0.943. The van der Waals surface area contributed by atoms with E-state index in [1.807, 2.05) is 12.5 Å². The summed E-state index contributed by atoms with van der Waals surface area (Å²) in [5.41, 5.74) is 3.64. The highest BCUT2D eigenvalue weighted by molar-refractivity contribution is 5.59. The highest BCUT2D eigenvalue weighted by atomic mass is 16.3. The molecule has 1 unspecified atom stereocenters. The van der Waals surface area contributed by atoms with Gasteiger partial charge in [0.2, 0.25) is 0 Å². The average molecular weight is 311 g/mol. The zero-order valence-corrected chi connectivity index (χ0v) is 13.6. The molecule has 0 amide bonds. The van der Waals surface area contributed by atoms with Crippen LogP contribution in [0.25, 0.3) is 5.52 Å². The van der Waals surface area contributed by atoms with Crippen LogP contribution in [0.15, 0.2) is 24.8 Å². The molecular formula is C19H25N3O. The number of likely N-dealkylation sites (tertiary alicyclic amines) is 1. The zero-order chi connectivity index (χ0) is 15.4. The Labute approximate surface area is 137 Å². The van der Waals surface area contributed by atoms with E-state index in [0.29, 0.717) is 11.8 Å². The molecule has 5 rings (SSSR count). The standard InChI is InChI=1S/C19H25N3O/c23-19(14-5-8-21(9-6-14)15-3-4-15)18-16(13-1-2-13)7-10-22-12-20-11-17(18)22/h7,10-15,19,23H,1-6,8-9H2. The van der Waals surface area contributed by atoms with Crippen molar-refractivity contribution >= 4 is 5.52 Å². The summed E-state index contributed by atoms with van der Waals surface area (Å²) in [6.45, 7) is 2.32. The maximum Gasteiger partial charge on any atom is 0.0992 e. The van der Waals surface area contributed by atoms with Crippen molar-refractivity contribution in [1.29, 1.82) is 0 Å². The predicted molar refractivity (Wildman–Crippen MR) is 89.4 cm³/mol. The minimum atomic E-state index is -0.340. The number of aliphatic hydroxyl groups is 1. The molecule has 23 heavy (non-hydrogen) atoms. The molecule has 0 aromatic carbocycles. The Balaban J connectivity index is 1.44. The summed E-state index contributed by atoms with van der Waals surface area (Å²) < 4.78 is 2.06. The van der Waals surface area contributed by atoms with Crippen molar-refractivity contribution in [1.82, 2.24) is 14.3 Å². The summed E-state index contributed by atoms with van der Waals surface area (Å²) in [6, 6.07) is 3.07. The molecule has 2 aliphatic carbocycles. The van der Waals surface area contributed by atoms with Gasteiger partial charge in [-0.3, -0.25) is 0 Å². The van der Waals surface area contributed by atoms with Crippen LogP contribution in [-0.4, -0.2) is 38.5 Å². The molecule has 3 heterocycles. The molecule has 0 bridgehead atoms. The molecule has 2 aromatic heterocycles. The number of nitrogens with zero attached hydrogens (tertiary/aromatic N) is 3. The number of aromatic nitrogens is 2. The fraction of sp³-hybridized carbons (Fsp3) is 0.632. The molecule has 1 saturated heterocycles. The molecule has 122 valence electrons. The van der Waals surface area contributed by atoms with Crippen LogP contribution in [0.5, 0.6) is 0 Å². The van der Waals surface area contributed by atoms with E-state index in [4.69, 9.17) is 0 Å². The van der Waals surface area contributed by atoms with Gasteiger partial charge in [-0.25, -0.2) is 4.98 Å². The first-order valence-electron chi connectivity index (χ1n) is 9.18. The van der Waals surface area contributed by atoms with Crippen molar-refractivity contribution in [3.05, 3.63) is 35.9 Å². The Hall–Kier alpha value is -1.39. The first kappa shape index (κ1) is 14.0. The van der Waals surface area contributed by atoms with Crippen LogP contribution in [0.1, 0.15) is 61.7 Å². The molecule has 1 N–H and O–H groups in total. The number of hydrogen-bond donors (Lipinski definition) is 1. The molecule has 2 saturated carbocycles. The van der Waals surface area contributed by atoms with E-state index in [1.54, 1.807) is 0 Å². The van der Waals surface area contributed by atoms with E-state index in [9.17, 15) is 5.11 Å². The van der Waals surface area contributed by atoms with Gasteiger partial charge in [-0.05, 0) is 75.1 Å². The minimum absolute atomic E-state index is 0.340. The van der Waals surface area contributed by atoms with Crippen LogP contribution in [0.3, 0.4) is 0 Å². The number of hydrogen-bond acceptors (Lipinski definition) is 3. The SMILES string of the molecule is OC(c1c(C2CC2)ccn2cncc12)C1CCN(C2CC2)CC1. The van der Waals surface area contributed by atoms with Crippen LogP contribution < -0.4 is 0 Å². The third-order valence-electron chi connectivity index (χ3n) is 6.06.